The molecule has 1 aliphatic heterocycles. The summed E-state index contributed by atoms with van der Waals surface area (Å²) in [7, 11) is 1.53. The Morgan fingerprint density at radius 2 is 1.95 bits per heavy atom. The number of nitro benzene ring substituents is 1. The standard InChI is InChI=1S/C29H25N3O7S/c1-5-38-28(34)25-17(3)30-29-31(26(25)20-9-6-7-12-22(20)37-4)27(33)24(40-29)15-18-13-14-23(39-18)19-10-8-11-21(16(19)2)32(35)36/h6-15,26H,5H2,1-4H3/b24-15-/t26-/m0/s1. The van der Waals surface area contributed by atoms with Crippen LogP contribution >= 0.6 is 11.3 Å². The summed E-state index contributed by atoms with van der Waals surface area (Å²) < 4.78 is 18.7. The molecule has 1 aliphatic rings. The molecule has 0 amide bonds. The van der Waals surface area contributed by atoms with E-state index < -0.39 is 16.9 Å². The second-order valence-electron chi connectivity index (χ2n) is 8.95. The van der Waals surface area contributed by atoms with Crippen LogP contribution in [0.3, 0.4) is 0 Å². The highest BCUT2D eigenvalue weighted by Crippen LogP contribution is 2.36. The minimum Gasteiger partial charge on any atom is -0.496 e. The Kier molecular flexibility index (Phi) is 7.22. The van der Waals surface area contributed by atoms with E-state index in [4.69, 9.17) is 13.9 Å². The highest BCUT2D eigenvalue weighted by atomic mass is 32.1. The van der Waals surface area contributed by atoms with Crippen LogP contribution in [0.2, 0.25) is 0 Å². The number of benzene rings is 2. The third-order valence-corrected chi connectivity index (χ3v) is 7.60. The van der Waals surface area contributed by atoms with Crippen molar-refractivity contribution in [2.45, 2.75) is 26.8 Å². The van der Waals surface area contributed by atoms with Crippen LogP contribution in [0, 0.1) is 17.0 Å². The highest BCUT2D eigenvalue weighted by Gasteiger charge is 2.35. The van der Waals surface area contributed by atoms with Crippen molar-refractivity contribution in [1.29, 1.82) is 0 Å². The maximum Gasteiger partial charge on any atom is 0.338 e. The molecule has 2 aromatic carbocycles. The van der Waals surface area contributed by atoms with Crippen LogP contribution in [0.15, 0.2) is 80.1 Å². The molecule has 1 atom stereocenters. The normalized spacial score (nSPS) is 15.0. The number of esters is 1. The van der Waals surface area contributed by atoms with Gasteiger partial charge < -0.3 is 13.9 Å². The molecule has 10 nitrogen and oxygen atoms in total. The minimum atomic E-state index is -0.812. The first-order valence-corrected chi connectivity index (χ1v) is 13.2. The lowest BCUT2D eigenvalue weighted by atomic mass is 9.95. The number of fused-ring (bicyclic) bond motifs is 1. The fourth-order valence-corrected chi connectivity index (χ4v) is 5.80. The summed E-state index contributed by atoms with van der Waals surface area (Å²) in [4.78, 5) is 42.8. The molecule has 0 saturated carbocycles. The third-order valence-electron chi connectivity index (χ3n) is 6.62. The number of para-hydroxylation sites is 1. The fourth-order valence-electron chi connectivity index (χ4n) is 4.77. The first kappa shape index (κ1) is 26.8. The number of carbonyl (C=O) groups is 1. The van der Waals surface area contributed by atoms with E-state index in [9.17, 15) is 19.7 Å². The molecular formula is C29H25N3O7S. The van der Waals surface area contributed by atoms with Crippen molar-refractivity contribution in [3.05, 3.63) is 113 Å². The van der Waals surface area contributed by atoms with Crippen LogP contribution < -0.4 is 19.6 Å². The van der Waals surface area contributed by atoms with Gasteiger partial charge in [0.1, 0.15) is 23.3 Å². The second-order valence-corrected chi connectivity index (χ2v) is 9.96. The number of ether oxygens (including phenoxy) is 2. The summed E-state index contributed by atoms with van der Waals surface area (Å²) in [5.41, 5.74) is 2.02. The maximum absolute atomic E-state index is 13.8. The Labute approximate surface area is 232 Å². The number of furan rings is 1. The van der Waals surface area contributed by atoms with Crippen molar-refractivity contribution in [2.24, 2.45) is 4.99 Å². The number of hydrogen-bond donors (Lipinski definition) is 0. The summed E-state index contributed by atoms with van der Waals surface area (Å²) in [6, 6.07) is 14.6. The summed E-state index contributed by atoms with van der Waals surface area (Å²) in [5, 5.41) is 11.4. The van der Waals surface area contributed by atoms with Crippen molar-refractivity contribution in [1.82, 2.24) is 4.57 Å². The molecule has 0 saturated heterocycles. The van der Waals surface area contributed by atoms with Gasteiger partial charge in [0, 0.05) is 28.8 Å². The highest BCUT2D eigenvalue weighted by molar-refractivity contribution is 7.07. The Bertz CT molecular complexity index is 1860. The molecule has 0 spiro atoms. The largest absolute Gasteiger partial charge is 0.496 e. The molecule has 5 rings (SSSR count). The quantitative estimate of drug-likeness (QED) is 0.188. The summed E-state index contributed by atoms with van der Waals surface area (Å²) in [6.45, 7) is 5.26. The van der Waals surface area contributed by atoms with Crippen LogP contribution in [-0.2, 0) is 9.53 Å². The summed E-state index contributed by atoms with van der Waals surface area (Å²) in [5.74, 6) is 0.785. The van der Waals surface area contributed by atoms with Gasteiger partial charge in [-0.3, -0.25) is 19.5 Å². The van der Waals surface area contributed by atoms with Gasteiger partial charge in [0.25, 0.3) is 11.2 Å². The SMILES string of the molecule is CCOC(=O)C1=C(C)N=c2s/c(=C\c3ccc(-c4cccc([N+](=O)[O-])c4C)o3)c(=O)n2[C@H]1c1ccccc1OC. The van der Waals surface area contributed by atoms with Crippen LogP contribution in [-0.4, -0.2) is 29.2 Å². The Morgan fingerprint density at radius 1 is 1.18 bits per heavy atom. The number of hydrogen-bond acceptors (Lipinski definition) is 9. The zero-order chi connectivity index (χ0) is 28.6. The van der Waals surface area contributed by atoms with E-state index in [1.807, 2.05) is 12.1 Å². The van der Waals surface area contributed by atoms with E-state index in [1.54, 1.807) is 63.2 Å². The molecule has 204 valence electrons. The topological polar surface area (TPSA) is 126 Å². The van der Waals surface area contributed by atoms with Crippen molar-refractivity contribution < 1.29 is 23.6 Å². The molecule has 2 aromatic heterocycles. The molecule has 0 aliphatic carbocycles. The monoisotopic (exact) mass is 559 g/mol. The number of thiazole rings is 1. The lowest BCUT2D eigenvalue weighted by Gasteiger charge is -2.25. The number of aromatic nitrogens is 1. The number of allylic oxidation sites excluding steroid dienone is 1. The predicted octanol–water partition coefficient (Wildman–Crippen LogP) is 4.28. The summed E-state index contributed by atoms with van der Waals surface area (Å²) >= 11 is 1.17. The van der Waals surface area contributed by atoms with Gasteiger partial charge in [-0.1, -0.05) is 41.7 Å². The molecule has 0 bridgehead atoms. The van der Waals surface area contributed by atoms with Crippen molar-refractivity contribution in [2.75, 3.05) is 13.7 Å². The number of rotatable bonds is 7. The predicted molar refractivity (Wildman–Crippen MR) is 149 cm³/mol. The lowest BCUT2D eigenvalue weighted by molar-refractivity contribution is -0.385. The average molecular weight is 560 g/mol. The number of methoxy groups -OCH3 is 1. The average Bonchev–Trinajstić information content (AvgIpc) is 3.52. The molecule has 0 N–H and O–H groups in total. The zero-order valence-electron chi connectivity index (χ0n) is 22.2. The molecule has 0 fully saturated rings. The molecule has 3 heterocycles. The molecule has 11 heteroatoms. The number of nitrogens with zero attached hydrogens (tertiary/aromatic N) is 3. The van der Waals surface area contributed by atoms with Crippen LogP contribution in [0.25, 0.3) is 17.4 Å². The number of carbonyl (C=O) groups excluding carboxylic acids is 1. The van der Waals surface area contributed by atoms with Crippen molar-refractivity contribution >= 4 is 29.1 Å². The van der Waals surface area contributed by atoms with E-state index in [2.05, 4.69) is 4.99 Å². The smallest absolute Gasteiger partial charge is 0.338 e. The van der Waals surface area contributed by atoms with Gasteiger partial charge in [-0.25, -0.2) is 9.79 Å². The van der Waals surface area contributed by atoms with E-state index in [0.29, 0.717) is 49.0 Å². The van der Waals surface area contributed by atoms with Crippen molar-refractivity contribution in [3.63, 3.8) is 0 Å². The molecule has 4 aromatic rings. The van der Waals surface area contributed by atoms with E-state index in [-0.39, 0.29) is 23.4 Å². The molecular weight excluding hydrogens is 534 g/mol. The zero-order valence-corrected chi connectivity index (χ0v) is 23.0. The summed E-state index contributed by atoms with van der Waals surface area (Å²) in [6.07, 6.45) is 1.60. The van der Waals surface area contributed by atoms with Gasteiger partial charge in [0.15, 0.2) is 4.80 Å². The van der Waals surface area contributed by atoms with E-state index in [0.717, 1.165) is 0 Å². The number of nitro groups is 1. The van der Waals surface area contributed by atoms with Gasteiger partial charge in [-0.2, -0.15) is 0 Å². The van der Waals surface area contributed by atoms with Gasteiger partial charge in [-0.05, 0) is 39.0 Å². The van der Waals surface area contributed by atoms with Gasteiger partial charge >= 0.3 is 5.97 Å². The maximum atomic E-state index is 13.8. The van der Waals surface area contributed by atoms with Crippen LogP contribution in [0.1, 0.15) is 36.8 Å². The second kappa shape index (κ2) is 10.8. The Balaban J connectivity index is 1.65. The lowest BCUT2D eigenvalue weighted by Crippen LogP contribution is -2.40. The van der Waals surface area contributed by atoms with E-state index >= 15 is 0 Å². The van der Waals surface area contributed by atoms with Gasteiger partial charge in [-0.15, -0.1) is 0 Å². The Hall–Kier alpha value is -4.77. The van der Waals surface area contributed by atoms with Crippen LogP contribution in [0.4, 0.5) is 5.69 Å². The van der Waals surface area contributed by atoms with Crippen LogP contribution in [0.5, 0.6) is 5.75 Å². The van der Waals surface area contributed by atoms with Crippen molar-refractivity contribution in [3.8, 4) is 17.1 Å². The molecule has 0 radical (unpaired) electrons. The Morgan fingerprint density at radius 3 is 2.67 bits per heavy atom. The first-order valence-electron chi connectivity index (χ1n) is 12.4. The first-order chi connectivity index (χ1) is 19.2. The van der Waals surface area contributed by atoms with E-state index in [1.165, 1.54) is 29.1 Å². The molecule has 0 unspecified atom stereocenters. The minimum absolute atomic E-state index is 0.00660. The van der Waals surface area contributed by atoms with Gasteiger partial charge in [0.05, 0.1) is 34.4 Å². The van der Waals surface area contributed by atoms with Gasteiger partial charge in [0.2, 0.25) is 0 Å². The fraction of sp³-hybridized carbons (Fsp3) is 0.207. The third kappa shape index (κ3) is 4.64. The molecule has 40 heavy (non-hydrogen) atoms.